The van der Waals surface area contributed by atoms with Gasteiger partial charge in [-0.3, -0.25) is 4.79 Å². The van der Waals surface area contributed by atoms with E-state index in [9.17, 15) is 4.79 Å². The Kier molecular flexibility index (Phi) is 4.79. The van der Waals surface area contributed by atoms with Gasteiger partial charge in [0.1, 0.15) is 5.75 Å². The Morgan fingerprint density at radius 1 is 1.30 bits per heavy atom. The molecule has 0 saturated carbocycles. The second kappa shape index (κ2) is 6.57. The van der Waals surface area contributed by atoms with Crippen molar-refractivity contribution < 1.29 is 9.53 Å². The van der Waals surface area contributed by atoms with Crippen molar-refractivity contribution in [2.45, 2.75) is 27.2 Å². The number of rotatable bonds is 6. The van der Waals surface area contributed by atoms with Crippen LogP contribution in [0.25, 0.3) is 10.9 Å². The average Bonchev–Trinajstić information content (AvgIpc) is 2.84. The van der Waals surface area contributed by atoms with E-state index >= 15 is 0 Å². The van der Waals surface area contributed by atoms with Crippen molar-refractivity contribution in [3.05, 3.63) is 30.0 Å². The number of carbonyl (C=O) groups is 1. The summed E-state index contributed by atoms with van der Waals surface area (Å²) in [5.41, 5.74) is 2.21. The van der Waals surface area contributed by atoms with E-state index in [-0.39, 0.29) is 5.97 Å². The topological polar surface area (TPSA) is 45.3 Å². The maximum atomic E-state index is 11.2. The van der Waals surface area contributed by atoms with Crippen LogP contribution in [0.5, 0.6) is 5.75 Å². The zero-order valence-electron chi connectivity index (χ0n) is 12.4. The number of aromatic amines is 1. The van der Waals surface area contributed by atoms with Crippen molar-refractivity contribution in [2.75, 3.05) is 19.6 Å². The standard InChI is InChI=1S/C16H22N2O2/c1-4-18(5-2)10-9-13-11-17-14-7-6-8-15(16(13)14)20-12(3)19/h6-8,11,17H,4-5,9-10H2,1-3H3. The van der Waals surface area contributed by atoms with Crippen LogP contribution in [-0.2, 0) is 11.2 Å². The SMILES string of the molecule is CCN(CC)CCc1c[nH]c2cccc(OC(C)=O)c12. The lowest BCUT2D eigenvalue weighted by molar-refractivity contribution is -0.131. The van der Waals surface area contributed by atoms with Crippen molar-refractivity contribution in [1.29, 1.82) is 0 Å². The highest BCUT2D eigenvalue weighted by atomic mass is 16.5. The molecule has 4 heteroatoms. The van der Waals surface area contributed by atoms with Crippen molar-refractivity contribution >= 4 is 16.9 Å². The Bertz CT molecular complexity index is 585. The van der Waals surface area contributed by atoms with Crippen LogP contribution in [0, 0.1) is 0 Å². The molecule has 1 aromatic carbocycles. The first-order valence-corrected chi connectivity index (χ1v) is 7.15. The number of fused-ring (bicyclic) bond motifs is 1. The van der Waals surface area contributed by atoms with E-state index in [0.717, 1.165) is 37.0 Å². The molecule has 1 aromatic heterocycles. The number of hydrogen-bond donors (Lipinski definition) is 1. The van der Waals surface area contributed by atoms with Gasteiger partial charge in [-0.15, -0.1) is 0 Å². The molecule has 0 radical (unpaired) electrons. The zero-order chi connectivity index (χ0) is 14.5. The molecule has 0 spiro atoms. The summed E-state index contributed by atoms with van der Waals surface area (Å²) < 4.78 is 5.31. The number of nitrogens with one attached hydrogen (secondary N) is 1. The second-order valence-electron chi connectivity index (χ2n) is 4.86. The Hall–Kier alpha value is -1.81. The van der Waals surface area contributed by atoms with Gasteiger partial charge in [0.05, 0.1) is 0 Å². The molecule has 0 aliphatic carbocycles. The highest BCUT2D eigenvalue weighted by Gasteiger charge is 2.11. The van der Waals surface area contributed by atoms with E-state index < -0.39 is 0 Å². The number of benzene rings is 1. The van der Waals surface area contributed by atoms with Crippen molar-refractivity contribution in [2.24, 2.45) is 0 Å². The van der Waals surface area contributed by atoms with E-state index in [1.54, 1.807) is 0 Å². The minimum atomic E-state index is -0.284. The molecule has 0 amide bonds. The van der Waals surface area contributed by atoms with Gasteiger partial charge in [-0.1, -0.05) is 19.9 Å². The molecule has 2 aromatic rings. The van der Waals surface area contributed by atoms with Crippen LogP contribution in [-0.4, -0.2) is 35.5 Å². The highest BCUT2D eigenvalue weighted by Crippen LogP contribution is 2.29. The average molecular weight is 274 g/mol. The fourth-order valence-corrected chi connectivity index (χ4v) is 2.48. The summed E-state index contributed by atoms with van der Waals surface area (Å²) >= 11 is 0. The first kappa shape index (κ1) is 14.6. The van der Waals surface area contributed by atoms with Gasteiger partial charge in [-0.05, 0) is 37.2 Å². The molecule has 4 nitrogen and oxygen atoms in total. The number of ether oxygens (including phenoxy) is 1. The number of esters is 1. The summed E-state index contributed by atoms with van der Waals surface area (Å²) in [6.07, 6.45) is 2.96. The number of likely N-dealkylation sites (N-methyl/N-ethyl adjacent to an activating group) is 1. The van der Waals surface area contributed by atoms with E-state index in [2.05, 4.69) is 23.7 Å². The monoisotopic (exact) mass is 274 g/mol. The van der Waals surface area contributed by atoms with Gasteiger partial charge in [0.25, 0.3) is 0 Å². The molecule has 0 aliphatic heterocycles. The molecule has 20 heavy (non-hydrogen) atoms. The number of aromatic nitrogens is 1. The summed E-state index contributed by atoms with van der Waals surface area (Å²) in [5.74, 6) is 0.360. The number of nitrogens with zero attached hydrogens (tertiary/aromatic N) is 1. The molecule has 1 heterocycles. The fraction of sp³-hybridized carbons (Fsp3) is 0.438. The first-order chi connectivity index (χ1) is 9.65. The molecule has 0 aliphatic rings. The molecule has 108 valence electrons. The third kappa shape index (κ3) is 3.20. The smallest absolute Gasteiger partial charge is 0.308 e. The van der Waals surface area contributed by atoms with Gasteiger partial charge in [0, 0.05) is 30.6 Å². The fourth-order valence-electron chi connectivity index (χ4n) is 2.48. The zero-order valence-corrected chi connectivity index (χ0v) is 12.4. The first-order valence-electron chi connectivity index (χ1n) is 7.15. The van der Waals surface area contributed by atoms with Crippen molar-refractivity contribution in [1.82, 2.24) is 9.88 Å². The highest BCUT2D eigenvalue weighted by molar-refractivity contribution is 5.91. The predicted octanol–water partition coefficient (Wildman–Crippen LogP) is 2.98. The van der Waals surface area contributed by atoms with Crippen LogP contribution in [0.1, 0.15) is 26.3 Å². The summed E-state index contributed by atoms with van der Waals surface area (Å²) in [6, 6.07) is 5.74. The Morgan fingerprint density at radius 3 is 2.70 bits per heavy atom. The number of hydrogen-bond acceptors (Lipinski definition) is 3. The molecule has 0 saturated heterocycles. The van der Waals surface area contributed by atoms with Crippen molar-refractivity contribution in [3.63, 3.8) is 0 Å². The Morgan fingerprint density at radius 2 is 2.05 bits per heavy atom. The van der Waals surface area contributed by atoms with E-state index in [0.29, 0.717) is 5.75 Å². The molecule has 0 atom stereocenters. The lowest BCUT2D eigenvalue weighted by Crippen LogP contribution is -2.25. The van der Waals surface area contributed by atoms with Gasteiger partial charge < -0.3 is 14.6 Å². The Balaban J connectivity index is 2.27. The van der Waals surface area contributed by atoms with Gasteiger partial charge in [-0.2, -0.15) is 0 Å². The van der Waals surface area contributed by atoms with E-state index in [1.807, 2.05) is 24.4 Å². The summed E-state index contributed by atoms with van der Waals surface area (Å²) in [4.78, 5) is 16.8. The third-order valence-electron chi connectivity index (χ3n) is 3.59. The summed E-state index contributed by atoms with van der Waals surface area (Å²) in [7, 11) is 0. The van der Waals surface area contributed by atoms with Gasteiger partial charge in [0.2, 0.25) is 0 Å². The van der Waals surface area contributed by atoms with Crippen LogP contribution in [0.3, 0.4) is 0 Å². The minimum absolute atomic E-state index is 0.284. The van der Waals surface area contributed by atoms with Crippen LogP contribution in [0.2, 0.25) is 0 Å². The maximum Gasteiger partial charge on any atom is 0.308 e. The predicted molar refractivity (Wildman–Crippen MR) is 81.1 cm³/mol. The Labute approximate surface area is 119 Å². The molecular weight excluding hydrogens is 252 g/mol. The van der Waals surface area contributed by atoms with Crippen LogP contribution in [0.4, 0.5) is 0 Å². The van der Waals surface area contributed by atoms with E-state index in [4.69, 9.17) is 4.74 Å². The summed E-state index contributed by atoms with van der Waals surface area (Å²) in [6.45, 7) is 8.88. The lowest BCUT2D eigenvalue weighted by Gasteiger charge is -2.17. The van der Waals surface area contributed by atoms with Crippen LogP contribution >= 0.6 is 0 Å². The molecule has 0 unspecified atom stereocenters. The normalized spacial score (nSPS) is 11.2. The molecular formula is C16H22N2O2. The quantitative estimate of drug-likeness (QED) is 0.650. The van der Waals surface area contributed by atoms with Gasteiger partial charge in [-0.25, -0.2) is 0 Å². The van der Waals surface area contributed by atoms with E-state index in [1.165, 1.54) is 12.5 Å². The lowest BCUT2D eigenvalue weighted by atomic mass is 10.1. The van der Waals surface area contributed by atoms with Gasteiger partial charge >= 0.3 is 5.97 Å². The number of H-pyrrole nitrogens is 1. The summed E-state index contributed by atoms with van der Waals surface area (Å²) in [5, 5.41) is 1.02. The molecule has 0 fully saturated rings. The van der Waals surface area contributed by atoms with Crippen molar-refractivity contribution in [3.8, 4) is 5.75 Å². The molecule has 2 rings (SSSR count). The second-order valence-corrected chi connectivity index (χ2v) is 4.86. The molecule has 1 N–H and O–H groups in total. The van der Waals surface area contributed by atoms with Gasteiger partial charge in [0.15, 0.2) is 0 Å². The van der Waals surface area contributed by atoms with Crippen LogP contribution < -0.4 is 4.74 Å². The minimum Gasteiger partial charge on any atom is -0.426 e. The maximum absolute atomic E-state index is 11.2. The largest absolute Gasteiger partial charge is 0.426 e. The molecule has 0 bridgehead atoms. The van der Waals surface area contributed by atoms with Crippen LogP contribution in [0.15, 0.2) is 24.4 Å². The third-order valence-corrected chi connectivity index (χ3v) is 3.59. The number of carbonyl (C=O) groups excluding carboxylic acids is 1.